The van der Waals surface area contributed by atoms with E-state index in [1.54, 1.807) is 38.1 Å². The molecule has 0 aliphatic heterocycles. The fourth-order valence-electron chi connectivity index (χ4n) is 1.14. The van der Waals surface area contributed by atoms with Gasteiger partial charge in [-0.1, -0.05) is 15.9 Å². The number of Topliss-reactive ketones (excluding diaryl/α,β-unsaturated/α-hetero) is 1. The Balaban J connectivity index is 2.77. The molecule has 0 saturated heterocycles. The molecule has 2 N–H and O–H groups in total. The van der Waals surface area contributed by atoms with Crippen molar-refractivity contribution in [2.45, 2.75) is 19.4 Å². The molecule has 1 rings (SSSR count). The van der Waals surface area contributed by atoms with E-state index in [0.717, 1.165) is 4.47 Å². The molecule has 0 spiro atoms. The Morgan fingerprint density at radius 2 is 1.82 bits per heavy atom. The number of benzene rings is 1. The molecule has 0 aromatic heterocycles. The van der Waals surface area contributed by atoms with Crippen molar-refractivity contribution in [2.75, 3.05) is 6.61 Å². The molecule has 1 amide bonds. The number of nitrogens with one attached hydrogen (secondary N) is 1. The zero-order valence-electron chi connectivity index (χ0n) is 9.66. The van der Waals surface area contributed by atoms with Gasteiger partial charge in [0.1, 0.15) is 0 Å². The van der Waals surface area contributed by atoms with Gasteiger partial charge >= 0.3 is 0 Å². The van der Waals surface area contributed by atoms with Crippen molar-refractivity contribution >= 4 is 27.6 Å². The first kappa shape index (κ1) is 13.9. The van der Waals surface area contributed by atoms with Gasteiger partial charge in [0.15, 0.2) is 0 Å². The van der Waals surface area contributed by atoms with Crippen LogP contribution in [0.2, 0.25) is 0 Å². The van der Waals surface area contributed by atoms with Gasteiger partial charge in [0.05, 0.1) is 12.1 Å². The number of aliphatic hydroxyl groups excluding tert-OH is 1. The van der Waals surface area contributed by atoms with E-state index in [-0.39, 0.29) is 6.61 Å². The maximum Gasteiger partial charge on any atom is 0.292 e. The minimum Gasteiger partial charge on any atom is -0.394 e. The molecule has 1 aromatic carbocycles. The van der Waals surface area contributed by atoms with Gasteiger partial charge in [-0.2, -0.15) is 0 Å². The number of carbonyl (C=O) groups is 2. The lowest BCUT2D eigenvalue weighted by atomic mass is 10.1. The number of halogens is 1. The van der Waals surface area contributed by atoms with Crippen LogP contribution in [0, 0.1) is 0 Å². The number of aliphatic hydroxyl groups is 1. The van der Waals surface area contributed by atoms with E-state index in [0.29, 0.717) is 5.56 Å². The third-order valence-electron chi connectivity index (χ3n) is 2.16. The predicted molar refractivity (Wildman–Crippen MR) is 67.8 cm³/mol. The Hall–Kier alpha value is -1.20. The molecule has 0 atom stereocenters. The van der Waals surface area contributed by atoms with Crippen LogP contribution in [-0.4, -0.2) is 28.9 Å². The van der Waals surface area contributed by atoms with Gasteiger partial charge in [-0.25, -0.2) is 0 Å². The van der Waals surface area contributed by atoms with E-state index in [1.165, 1.54) is 0 Å². The molecule has 5 heteroatoms. The summed E-state index contributed by atoms with van der Waals surface area (Å²) in [5.41, 5.74) is -0.485. The average molecular weight is 300 g/mol. The molecule has 0 aliphatic rings. The van der Waals surface area contributed by atoms with Crippen LogP contribution in [0.25, 0.3) is 0 Å². The van der Waals surface area contributed by atoms with E-state index < -0.39 is 17.2 Å². The fourth-order valence-corrected chi connectivity index (χ4v) is 1.40. The molecule has 1 aromatic rings. The van der Waals surface area contributed by atoms with E-state index in [4.69, 9.17) is 5.11 Å². The Morgan fingerprint density at radius 3 is 2.29 bits per heavy atom. The lowest BCUT2D eigenvalue weighted by molar-refractivity contribution is -0.118. The molecule has 4 nitrogen and oxygen atoms in total. The van der Waals surface area contributed by atoms with Crippen molar-refractivity contribution in [3.8, 4) is 0 Å². The van der Waals surface area contributed by atoms with Gasteiger partial charge in [-0.05, 0) is 38.1 Å². The summed E-state index contributed by atoms with van der Waals surface area (Å²) >= 11 is 3.25. The van der Waals surface area contributed by atoms with Gasteiger partial charge in [0.2, 0.25) is 5.78 Å². The van der Waals surface area contributed by atoms with Crippen molar-refractivity contribution in [1.82, 2.24) is 5.32 Å². The standard InChI is InChI=1S/C12H14BrNO3/c1-12(2,7-15)14-11(17)10(16)8-3-5-9(13)6-4-8/h3-6,15H,7H2,1-2H3,(H,14,17). The Labute approximate surface area is 108 Å². The van der Waals surface area contributed by atoms with Crippen molar-refractivity contribution < 1.29 is 14.7 Å². The summed E-state index contributed by atoms with van der Waals surface area (Å²) in [5.74, 6) is -1.33. The monoisotopic (exact) mass is 299 g/mol. The Morgan fingerprint density at radius 1 is 1.29 bits per heavy atom. The van der Waals surface area contributed by atoms with Crippen LogP contribution in [0.4, 0.5) is 0 Å². The SMILES string of the molecule is CC(C)(CO)NC(=O)C(=O)c1ccc(Br)cc1. The highest BCUT2D eigenvalue weighted by atomic mass is 79.9. The summed E-state index contributed by atoms with van der Waals surface area (Å²) in [6.07, 6.45) is 0. The summed E-state index contributed by atoms with van der Waals surface area (Å²) in [7, 11) is 0. The number of hydrogen-bond acceptors (Lipinski definition) is 3. The lowest BCUT2D eigenvalue weighted by Crippen LogP contribution is -2.48. The molecule has 17 heavy (non-hydrogen) atoms. The smallest absolute Gasteiger partial charge is 0.292 e. The second-order valence-corrected chi connectivity index (χ2v) is 5.25. The first-order chi connectivity index (χ1) is 7.85. The molecule has 0 fully saturated rings. The minimum absolute atomic E-state index is 0.230. The molecule has 92 valence electrons. The molecule has 0 aliphatic carbocycles. The summed E-state index contributed by atoms with van der Waals surface area (Å²) in [4.78, 5) is 23.4. The quantitative estimate of drug-likeness (QED) is 0.654. The van der Waals surface area contributed by atoms with E-state index >= 15 is 0 Å². The molecular weight excluding hydrogens is 286 g/mol. The van der Waals surface area contributed by atoms with E-state index in [1.807, 2.05) is 0 Å². The maximum atomic E-state index is 11.7. The second-order valence-electron chi connectivity index (χ2n) is 4.33. The van der Waals surface area contributed by atoms with Gasteiger partial charge in [-0.15, -0.1) is 0 Å². The molecule has 0 bridgehead atoms. The van der Waals surface area contributed by atoms with Crippen LogP contribution < -0.4 is 5.32 Å². The van der Waals surface area contributed by atoms with Crippen LogP contribution >= 0.6 is 15.9 Å². The minimum atomic E-state index is -0.803. The van der Waals surface area contributed by atoms with Crippen LogP contribution in [0.1, 0.15) is 24.2 Å². The van der Waals surface area contributed by atoms with Gasteiger partial charge in [-0.3, -0.25) is 9.59 Å². The second kappa shape index (κ2) is 5.42. The highest BCUT2D eigenvalue weighted by Crippen LogP contribution is 2.11. The summed E-state index contributed by atoms with van der Waals surface area (Å²) in [6, 6.07) is 6.52. The average Bonchev–Trinajstić information content (AvgIpc) is 2.28. The predicted octanol–water partition coefficient (Wildman–Crippen LogP) is 1.52. The van der Waals surface area contributed by atoms with E-state index in [2.05, 4.69) is 21.2 Å². The van der Waals surface area contributed by atoms with Crippen LogP contribution in [0.5, 0.6) is 0 Å². The first-order valence-corrected chi connectivity index (χ1v) is 5.88. The fraction of sp³-hybridized carbons (Fsp3) is 0.333. The number of hydrogen-bond donors (Lipinski definition) is 2. The van der Waals surface area contributed by atoms with Crippen molar-refractivity contribution in [3.05, 3.63) is 34.3 Å². The number of rotatable bonds is 4. The number of carbonyl (C=O) groups excluding carboxylic acids is 2. The summed E-state index contributed by atoms with van der Waals surface area (Å²) in [6.45, 7) is 3.05. The van der Waals surface area contributed by atoms with Crippen molar-refractivity contribution in [3.63, 3.8) is 0 Å². The highest BCUT2D eigenvalue weighted by Gasteiger charge is 2.24. The van der Waals surface area contributed by atoms with Gasteiger partial charge in [0, 0.05) is 10.0 Å². The molecule has 0 heterocycles. The number of ketones is 1. The first-order valence-electron chi connectivity index (χ1n) is 5.09. The number of amides is 1. The van der Waals surface area contributed by atoms with Crippen LogP contribution in [-0.2, 0) is 4.79 Å². The summed E-state index contributed by atoms with van der Waals surface area (Å²) < 4.78 is 0.838. The molecular formula is C12H14BrNO3. The third kappa shape index (κ3) is 3.94. The zero-order chi connectivity index (χ0) is 13.1. The Kier molecular flexibility index (Phi) is 4.42. The van der Waals surface area contributed by atoms with E-state index in [9.17, 15) is 9.59 Å². The topological polar surface area (TPSA) is 66.4 Å². The zero-order valence-corrected chi connectivity index (χ0v) is 11.2. The largest absolute Gasteiger partial charge is 0.394 e. The van der Waals surface area contributed by atoms with Crippen molar-refractivity contribution in [2.24, 2.45) is 0 Å². The third-order valence-corrected chi connectivity index (χ3v) is 2.69. The van der Waals surface area contributed by atoms with Crippen molar-refractivity contribution in [1.29, 1.82) is 0 Å². The summed E-state index contributed by atoms with van der Waals surface area (Å²) in [5, 5.41) is 11.5. The highest BCUT2D eigenvalue weighted by molar-refractivity contribution is 9.10. The van der Waals surface area contributed by atoms with Crippen LogP contribution in [0.3, 0.4) is 0 Å². The van der Waals surface area contributed by atoms with Gasteiger partial charge < -0.3 is 10.4 Å². The molecule has 0 saturated carbocycles. The Bertz CT molecular complexity index is 426. The van der Waals surface area contributed by atoms with Gasteiger partial charge in [0.25, 0.3) is 5.91 Å². The normalized spacial score (nSPS) is 11.1. The maximum absolute atomic E-state index is 11.7. The van der Waals surface area contributed by atoms with Crippen LogP contribution in [0.15, 0.2) is 28.7 Å². The molecule has 0 radical (unpaired) electrons. The lowest BCUT2D eigenvalue weighted by Gasteiger charge is -2.22. The molecule has 0 unspecified atom stereocenters.